The first-order valence-electron chi connectivity index (χ1n) is 5.37. The van der Waals surface area contributed by atoms with Crippen LogP contribution in [-0.4, -0.2) is 33.7 Å². The van der Waals surface area contributed by atoms with Gasteiger partial charge in [-0.1, -0.05) is 0 Å². The summed E-state index contributed by atoms with van der Waals surface area (Å²) in [6.45, 7) is 7.86. The lowest BCUT2D eigenvalue weighted by Gasteiger charge is -2.24. The molecule has 1 aliphatic heterocycles. The fraction of sp³-hybridized carbons (Fsp3) is 0.818. The molecule has 0 aromatic carbocycles. The zero-order chi connectivity index (χ0) is 11.6. The molecular weight excluding hydrogens is 186 g/mol. The van der Waals surface area contributed by atoms with Crippen LogP contribution < -0.4 is 0 Å². The first kappa shape index (κ1) is 12.9. The van der Waals surface area contributed by atoms with Crippen LogP contribution in [0.25, 0.3) is 0 Å². The molecule has 0 aromatic heterocycles. The van der Waals surface area contributed by atoms with E-state index in [9.17, 15) is 0 Å². The van der Waals surface area contributed by atoms with E-state index in [1.807, 2.05) is 27.7 Å². The van der Waals surface area contributed by atoms with Gasteiger partial charge in [0.25, 0.3) is 0 Å². The molecule has 0 aromatic rings. The van der Waals surface area contributed by atoms with Crippen molar-refractivity contribution in [1.82, 2.24) is 0 Å². The molecule has 0 aliphatic carbocycles. The molecule has 1 aliphatic rings. The highest BCUT2D eigenvalue weighted by atomic mass is 16.8. The summed E-state index contributed by atoms with van der Waals surface area (Å²) in [6, 6.07) is 0. The van der Waals surface area contributed by atoms with Gasteiger partial charge in [-0.2, -0.15) is 0 Å². The van der Waals surface area contributed by atoms with Crippen molar-refractivity contribution in [3.05, 3.63) is 12.6 Å². The van der Waals surface area contributed by atoms with Crippen LogP contribution in [0.1, 0.15) is 27.7 Å². The molecule has 6 radical (unpaired) electrons. The van der Waals surface area contributed by atoms with Gasteiger partial charge >= 0.3 is 0 Å². The average Bonchev–Trinajstić information content (AvgIpc) is 2.52. The van der Waals surface area contributed by atoms with Crippen LogP contribution in [0.15, 0.2) is 0 Å². The molecule has 0 saturated carbocycles. The van der Waals surface area contributed by atoms with E-state index >= 15 is 0 Å². The molecule has 80 valence electrons. The van der Waals surface area contributed by atoms with Crippen molar-refractivity contribution in [3.63, 3.8) is 0 Å². The van der Waals surface area contributed by atoms with Gasteiger partial charge in [0.1, 0.15) is 12.2 Å². The molecule has 2 nitrogen and oxygen atoms in total. The van der Waals surface area contributed by atoms with E-state index < -0.39 is 5.79 Å². The summed E-state index contributed by atoms with van der Waals surface area (Å²) >= 11 is 0. The van der Waals surface area contributed by atoms with E-state index in [0.29, 0.717) is 0 Å². The van der Waals surface area contributed by atoms with E-state index in [2.05, 4.69) is 0 Å². The van der Waals surface area contributed by atoms with Crippen molar-refractivity contribution in [2.45, 2.75) is 45.7 Å². The quantitative estimate of drug-likeness (QED) is 0.509. The third-order valence-electron chi connectivity index (χ3n) is 2.81. The molecule has 0 bridgehead atoms. The van der Waals surface area contributed by atoms with E-state index in [1.54, 1.807) is 12.6 Å². The highest BCUT2D eigenvalue weighted by Gasteiger charge is 2.47. The summed E-state index contributed by atoms with van der Waals surface area (Å²) in [5, 5.41) is 0. The monoisotopic (exact) mass is 204 g/mol. The summed E-state index contributed by atoms with van der Waals surface area (Å²) in [6.07, 6.45) is 3.23. The molecule has 1 rings (SSSR count). The lowest BCUT2D eigenvalue weighted by Crippen LogP contribution is -2.35. The minimum atomic E-state index is -0.552. The number of hydrogen-bond donors (Lipinski definition) is 0. The lowest BCUT2D eigenvalue weighted by atomic mass is 9.80. The van der Waals surface area contributed by atoms with Gasteiger partial charge in [0, 0.05) is 0 Å². The highest BCUT2D eigenvalue weighted by molar-refractivity contribution is 6.15. The van der Waals surface area contributed by atoms with Crippen molar-refractivity contribution in [2.24, 2.45) is 11.8 Å². The first-order valence-corrected chi connectivity index (χ1v) is 5.37. The second-order valence-electron chi connectivity index (χ2n) is 4.67. The molecule has 1 saturated heterocycles. The Kier molecular flexibility index (Phi) is 4.07. The smallest absolute Gasteiger partial charge is 0.164 e. The maximum absolute atomic E-state index is 5.83. The predicted molar refractivity (Wildman–Crippen MR) is 62.3 cm³/mol. The van der Waals surface area contributed by atoms with Crippen LogP contribution >= 0.6 is 0 Å². The van der Waals surface area contributed by atoms with Gasteiger partial charge in [0.15, 0.2) is 5.79 Å². The Morgan fingerprint density at radius 2 is 1.33 bits per heavy atom. The van der Waals surface area contributed by atoms with E-state index in [4.69, 9.17) is 25.2 Å². The summed E-state index contributed by atoms with van der Waals surface area (Å²) in [4.78, 5) is 0. The van der Waals surface area contributed by atoms with Crippen LogP contribution in [0.2, 0.25) is 0 Å². The Balaban J connectivity index is 2.74. The maximum Gasteiger partial charge on any atom is 0.164 e. The minimum Gasteiger partial charge on any atom is -0.340 e. The van der Waals surface area contributed by atoms with Gasteiger partial charge in [-0.25, -0.2) is 12.6 Å². The summed E-state index contributed by atoms with van der Waals surface area (Å²) < 4.78 is 11.7. The van der Waals surface area contributed by atoms with Crippen LogP contribution in [0.3, 0.4) is 0 Å². The zero-order valence-corrected chi connectivity index (χ0v) is 9.94. The molecule has 4 atom stereocenters. The Morgan fingerprint density at radius 3 is 1.60 bits per heavy atom. The largest absolute Gasteiger partial charge is 0.340 e. The number of rotatable bonds is 4. The van der Waals surface area contributed by atoms with Gasteiger partial charge in [0.05, 0.1) is 11.8 Å². The fourth-order valence-electron chi connectivity index (χ4n) is 1.85. The van der Waals surface area contributed by atoms with Crippen molar-refractivity contribution in [1.29, 1.82) is 0 Å². The standard InChI is InChI=1S/C11H18B2O2/c1-7(5-12)9-10(8(2)6-13)15-11(3,4)14-9/h5-10H,1-4H3/t7-,8-,9+,10+/m0/s1. The Bertz CT molecular complexity index is 189. The topological polar surface area (TPSA) is 18.5 Å². The van der Waals surface area contributed by atoms with Crippen molar-refractivity contribution in [3.8, 4) is 0 Å². The molecule has 15 heavy (non-hydrogen) atoms. The molecule has 1 heterocycles. The Hall–Kier alpha value is -0.210. The zero-order valence-electron chi connectivity index (χ0n) is 9.94. The third kappa shape index (κ3) is 2.88. The Morgan fingerprint density at radius 1 is 1.00 bits per heavy atom. The van der Waals surface area contributed by atoms with Crippen LogP contribution in [-0.2, 0) is 9.47 Å². The third-order valence-corrected chi connectivity index (χ3v) is 2.81. The van der Waals surface area contributed by atoms with Gasteiger partial charge in [-0.05, 0) is 27.7 Å². The predicted octanol–water partition coefficient (Wildman–Crippen LogP) is 1.44. The average molecular weight is 204 g/mol. The molecule has 4 heteroatoms. The van der Waals surface area contributed by atoms with E-state index in [0.717, 1.165) is 0 Å². The Labute approximate surface area is 95.9 Å². The minimum absolute atomic E-state index is 0.0280. The fourth-order valence-corrected chi connectivity index (χ4v) is 1.85. The molecule has 0 amide bonds. The number of ether oxygens (including phenoxy) is 2. The SMILES string of the molecule is [B-][CH+][C@H](C)[C@H]1OC(C)(C)O[C@@H]1[C@@H](C)[CH+][B-]. The van der Waals surface area contributed by atoms with Gasteiger partial charge in [-0.15, -0.1) is 0 Å². The summed E-state index contributed by atoms with van der Waals surface area (Å²) in [7, 11) is 11.1. The van der Waals surface area contributed by atoms with Crippen LogP contribution in [0.5, 0.6) is 0 Å². The second-order valence-corrected chi connectivity index (χ2v) is 4.67. The van der Waals surface area contributed by atoms with Gasteiger partial charge < -0.3 is 9.47 Å². The second kappa shape index (κ2) is 4.75. The summed E-state index contributed by atoms with van der Waals surface area (Å²) in [5.74, 6) is -0.248. The van der Waals surface area contributed by atoms with Gasteiger partial charge in [0.2, 0.25) is 0 Å². The van der Waals surface area contributed by atoms with E-state index in [1.165, 1.54) is 0 Å². The van der Waals surface area contributed by atoms with Crippen LogP contribution in [0.4, 0.5) is 0 Å². The van der Waals surface area contributed by atoms with Crippen LogP contribution in [0, 0.1) is 24.5 Å². The molecule has 1 fully saturated rings. The van der Waals surface area contributed by atoms with Crippen molar-refractivity contribution in [2.75, 3.05) is 0 Å². The van der Waals surface area contributed by atoms with Gasteiger partial charge in [-0.3, -0.25) is 15.7 Å². The molecular formula is C11H18B2O2. The lowest BCUT2D eigenvalue weighted by molar-refractivity contribution is -0.151. The highest BCUT2D eigenvalue weighted by Crippen LogP contribution is 2.36. The maximum atomic E-state index is 5.83. The molecule has 0 spiro atoms. The summed E-state index contributed by atoms with van der Waals surface area (Å²) in [5.41, 5.74) is 0. The molecule has 0 unspecified atom stereocenters. The normalized spacial score (nSPS) is 33.5. The molecule has 0 N–H and O–H groups in total. The van der Waals surface area contributed by atoms with Crippen molar-refractivity contribution >= 4 is 15.7 Å². The van der Waals surface area contributed by atoms with Crippen molar-refractivity contribution < 1.29 is 9.47 Å². The first-order chi connectivity index (χ1) is 6.91. The number of hydrogen-bond acceptors (Lipinski definition) is 2. The van der Waals surface area contributed by atoms with E-state index in [-0.39, 0.29) is 24.0 Å².